The zero-order valence-corrected chi connectivity index (χ0v) is 15.0. The summed E-state index contributed by atoms with van der Waals surface area (Å²) in [5, 5.41) is 6.05. The van der Waals surface area contributed by atoms with Gasteiger partial charge in [-0.15, -0.1) is 0 Å². The number of nitrogens with one attached hydrogen (secondary N) is 2. The van der Waals surface area contributed by atoms with Crippen molar-refractivity contribution in [3.63, 3.8) is 0 Å². The summed E-state index contributed by atoms with van der Waals surface area (Å²) in [6, 6.07) is -0.382. The summed E-state index contributed by atoms with van der Waals surface area (Å²) >= 11 is 0. The number of ether oxygens (including phenoxy) is 1. The largest absolute Gasteiger partial charge is 0.444 e. The molecule has 1 heterocycles. The van der Waals surface area contributed by atoms with Gasteiger partial charge in [0.1, 0.15) is 5.60 Å². The highest BCUT2D eigenvalue weighted by Crippen LogP contribution is 2.20. The number of amides is 2. The van der Waals surface area contributed by atoms with Gasteiger partial charge < -0.3 is 21.1 Å². The van der Waals surface area contributed by atoms with E-state index in [1.807, 2.05) is 34.6 Å². The Kier molecular flexibility index (Phi) is 7.28. The van der Waals surface area contributed by atoms with Gasteiger partial charge in [-0.1, -0.05) is 13.8 Å². The van der Waals surface area contributed by atoms with Crippen molar-refractivity contribution >= 4 is 12.0 Å². The molecule has 4 N–H and O–H groups in total. The molecule has 2 amide bonds. The highest BCUT2D eigenvalue weighted by Gasteiger charge is 2.35. The van der Waals surface area contributed by atoms with Crippen molar-refractivity contribution in [1.29, 1.82) is 0 Å². The minimum absolute atomic E-state index is 0.0573. The van der Waals surface area contributed by atoms with E-state index in [0.29, 0.717) is 6.54 Å². The number of nitrogens with two attached hydrogens (primary N) is 1. The Morgan fingerprint density at radius 2 is 1.83 bits per heavy atom. The van der Waals surface area contributed by atoms with Crippen LogP contribution in [0.3, 0.4) is 0 Å². The molecule has 0 aliphatic carbocycles. The molecule has 0 radical (unpaired) electrons. The van der Waals surface area contributed by atoms with Gasteiger partial charge in [-0.05, 0) is 26.7 Å². The fourth-order valence-electron chi connectivity index (χ4n) is 2.85. The first kappa shape index (κ1) is 19.7. The van der Waals surface area contributed by atoms with E-state index in [1.165, 1.54) is 0 Å². The van der Waals surface area contributed by atoms with Crippen molar-refractivity contribution in [3.05, 3.63) is 0 Å². The number of carbonyl (C=O) groups is 2. The first-order chi connectivity index (χ1) is 10.6. The van der Waals surface area contributed by atoms with Crippen molar-refractivity contribution in [2.45, 2.75) is 46.3 Å². The lowest BCUT2D eigenvalue weighted by atomic mass is 9.86. The molecule has 0 aromatic carbocycles. The summed E-state index contributed by atoms with van der Waals surface area (Å²) in [7, 11) is 0. The monoisotopic (exact) mass is 328 g/mol. The maximum absolute atomic E-state index is 12.0. The van der Waals surface area contributed by atoms with Crippen LogP contribution in [0.4, 0.5) is 4.79 Å². The van der Waals surface area contributed by atoms with E-state index in [2.05, 4.69) is 15.5 Å². The second-order valence-corrected chi connectivity index (χ2v) is 7.42. The first-order valence-electron chi connectivity index (χ1n) is 8.32. The molecule has 1 saturated heterocycles. The van der Waals surface area contributed by atoms with Gasteiger partial charge >= 0.3 is 6.09 Å². The molecule has 0 aromatic rings. The van der Waals surface area contributed by atoms with Crippen LogP contribution in [0, 0.1) is 11.8 Å². The van der Waals surface area contributed by atoms with E-state index in [1.54, 1.807) is 0 Å². The molecule has 0 aromatic heterocycles. The number of primary amides is 1. The topological polar surface area (TPSA) is 96.7 Å². The summed E-state index contributed by atoms with van der Waals surface area (Å²) in [5.41, 5.74) is 5.13. The van der Waals surface area contributed by atoms with Gasteiger partial charge in [-0.25, -0.2) is 4.79 Å². The van der Waals surface area contributed by atoms with Gasteiger partial charge in [-0.3, -0.25) is 9.69 Å². The molecule has 0 bridgehead atoms. The lowest BCUT2D eigenvalue weighted by Crippen LogP contribution is -2.58. The Hall–Kier alpha value is -1.34. The van der Waals surface area contributed by atoms with Crippen LogP contribution in [0.1, 0.15) is 34.6 Å². The van der Waals surface area contributed by atoms with E-state index >= 15 is 0 Å². The minimum Gasteiger partial charge on any atom is -0.444 e. The predicted molar refractivity (Wildman–Crippen MR) is 90.0 cm³/mol. The molecule has 2 atom stereocenters. The number of rotatable bonds is 6. The Morgan fingerprint density at radius 3 is 2.26 bits per heavy atom. The van der Waals surface area contributed by atoms with Gasteiger partial charge in [-0.2, -0.15) is 0 Å². The van der Waals surface area contributed by atoms with Crippen LogP contribution >= 0.6 is 0 Å². The molecule has 23 heavy (non-hydrogen) atoms. The van der Waals surface area contributed by atoms with Crippen molar-refractivity contribution < 1.29 is 14.3 Å². The zero-order valence-electron chi connectivity index (χ0n) is 15.0. The van der Waals surface area contributed by atoms with Gasteiger partial charge in [0.15, 0.2) is 0 Å². The predicted octanol–water partition coefficient (Wildman–Crippen LogP) is 0.542. The molecule has 2 unspecified atom stereocenters. The Balaban J connectivity index is 2.73. The smallest absolute Gasteiger partial charge is 0.407 e. The quantitative estimate of drug-likeness (QED) is 0.661. The van der Waals surface area contributed by atoms with Crippen LogP contribution < -0.4 is 16.4 Å². The van der Waals surface area contributed by atoms with E-state index in [0.717, 1.165) is 26.2 Å². The van der Waals surface area contributed by atoms with Crippen LogP contribution in [-0.4, -0.2) is 61.3 Å². The third kappa shape index (κ3) is 6.74. The van der Waals surface area contributed by atoms with Crippen LogP contribution in [0.25, 0.3) is 0 Å². The first-order valence-corrected chi connectivity index (χ1v) is 8.32. The molecule has 0 saturated carbocycles. The number of piperazine rings is 1. The van der Waals surface area contributed by atoms with E-state index in [9.17, 15) is 9.59 Å². The van der Waals surface area contributed by atoms with E-state index < -0.39 is 11.7 Å². The minimum atomic E-state index is -0.543. The molecular formula is C16H32N4O3. The van der Waals surface area contributed by atoms with Crippen molar-refractivity contribution in [2.24, 2.45) is 17.6 Å². The molecule has 1 rings (SSSR count). The number of nitrogens with zero attached hydrogens (tertiary/aromatic N) is 1. The fourth-order valence-corrected chi connectivity index (χ4v) is 2.85. The molecular weight excluding hydrogens is 296 g/mol. The Bertz CT molecular complexity index is 401. The summed E-state index contributed by atoms with van der Waals surface area (Å²) < 4.78 is 5.26. The number of hydrogen-bond acceptors (Lipinski definition) is 5. The third-order valence-corrected chi connectivity index (χ3v) is 3.98. The second-order valence-electron chi connectivity index (χ2n) is 7.42. The van der Waals surface area contributed by atoms with Crippen molar-refractivity contribution in [1.82, 2.24) is 15.5 Å². The van der Waals surface area contributed by atoms with Crippen LogP contribution in [-0.2, 0) is 9.53 Å². The number of carbonyl (C=O) groups excluding carboxylic acids is 2. The van der Waals surface area contributed by atoms with Gasteiger partial charge in [0, 0.05) is 38.6 Å². The Morgan fingerprint density at radius 1 is 1.26 bits per heavy atom. The van der Waals surface area contributed by atoms with Crippen LogP contribution in [0.5, 0.6) is 0 Å². The summed E-state index contributed by atoms with van der Waals surface area (Å²) in [4.78, 5) is 26.0. The lowest BCUT2D eigenvalue weighted by Gasteiger charge is -2.39. The normalized spacial score (nSPS) is 19.2. The average molecular weight is 328 g/mol. The second kappa shape index (κ2) is 8.49. The molecule has 7 heteroatoms. The highest BCUT2D eigenvalue weighted by molar-refractivity contribution is 5.80. The molecule has 134 valence electrons. The van der Waals surface area contributed by atoms with Crippen LogP contribution in [0.15, 0.2) is 0 Å². The molecule has 1 aliphatic rings. The lowest BCUT2D eigenvalue weighted by molar-refractivity contribution is -0.126. The number of hydrogen-bond donors (Lipinski definition) is 3. The third-order valence-electron chi connectivity index (χ3n) is 3.98. The van der Waals surface area contributed by atoms with Gasteiger partial charge in [0.2, 0.25) is 5.91 Å². The molecule has 7 nitrogen and oxygen atoms in total. The maximum atomic E-state index is 12.0. The molecule has 0 spiro atoms. The summed E-state index contributed by atoms with van der Waals surface area (Å²) in [6.07, 6.45) is -0.466. The summed E-state index contributed by atoms with van der Waals surface area (Å²) in [5.74, 6) is -0.188. The SMILES string of the molecule is CC(C)C(CNC(=O)OC(C)(C)C)C(C(N)=O)N1CCNCC1. The maximum Gasteiger partial charge on any atom is 0.407 e. The summed E-state index contributed by atoms with van der Waals surface area (Å²) in [6.45, 7) is 13.1. The van der Waals surface area contributed by atoms with Gasteiger partial charge in [0.05, 0.1) is 6.04 Å². The van der Waals surface area contributed by atoms with E-state index in [-0.39, 0.29) is 23.8 Å². The van der Waals surface area contributed by atoms with Gasteiger partial charge in [0.25, 0.3) is 0 Å². The average Bonchev–Trinajstić information content (AvgIpc) is 2.41. The van der Waals surface area contributed by atoms with Crippen molar-refractivity contribution in [3.8, 4) is 0 Å². The highest BCUT2D eigenvalue weighted by atomic mass is 16.6. The number of alkyl carbamates (subject to hydrolysis) is 1. The fraction of sp³-hybridized carbons (Fsp3) is 0.875. The van der Waals surface area contributed by atoms with Crippen molar-refractivity contribution in [2.75, 3.05) is 32.7 Å². The molecule has 1 aliphatic heterocycles. The van der Waals surface area contributed by atoms with E-state index in [4.69, 9.17) is 10.5 Å². The zero-order chi connectivity index (χ0) is 17.6. The standard InChI is InChI=1S/C16H32N4O3/c1-11(2)12(10-19-15(22)23-16(3,4)5)13(14(17)21)20-8-6-18-7-9-20/h11-13,18H,6-10H2,1-5H3,(H2,17,21)(H,19,22). The molecule has 1 fully saturated rings. The Labute approximate surface area is 139 Å². The van der Waals surface area contributed by atoms with Crippen LogP contribution in [0.2, 0.25) is 0 Å².